The van der Waals surface area contributed by atoms with E-state index in [1.54, 1.807) is 28.6 Å². The van der Waals surface area contributed by atoms with E-state index < -0.39 is 0 Å². The van der Waals surface area contributed by atoms with Gasteiger partial charge in [-0.05, 0) is 12.0 Å². The molecule has 0 aliphatic rings. The minimum Gasteiger partial charge on any atom is -0.146 e. The fourth-order valence-electron chi connectivity index (χ4n) is 1.13. The van der Waals surface area contributed by atoms with Gasteiger partial charge in [0.05, 0.1) is 0 Å². The van der Waals surface area contributed by atoms with Gasteiger partial charge in [-0.3, -0.25) is 0 Å². The summed E-state index contributed by atoms with van der Waals surface area (Å²) in [5.74, 6) is 1.07. The van der Waals surface area contributed by atoms with E-state index in [0.29, 0.717) is 0 Å². The van der Waals surface area contributed by atoms with Crippen LogP contribution in [0.5, 0.6) is 0 Å². The molecule has 1 heterocycles. The third-order valence-corrected chi connectivity index (χ3v) is 3.66. The van der Waals surface area contributed by atoms with Crippen LogP contribution in [0, 0.1) is 0 Å². The van der Waals surface area contributed by atoms with Crippen molar-refractivity contribution in [2.75, 3.05) is 5.75 Å². The van der Waals surface area contributed by atoms with Crippen LogP contribution in [-0.2, 0) is 6.42 Å². The van der Waals surface area contributed by atoms with Crippen LogP contribution in [0.25, 0.3) is 0 Å². The lowest BCUT2D eigenvalue weighted by molar-refractivity contribution is 1.01. The van der Waals surface area contributed by atoms with Gasteiger partial charge in [0, 0.05) is 5.75 Å². The van der Waals surface area contributed by atoms with Crippen LogP contribution >= 0.6 is 23.1 Å². The van der Waals surface area contributed by atoms with Crippen molar-refractivity contribution in [3.05, 3.63) is 41.4 Å². The molecule has 4 heteroatoms. The van der Waals surface area contributed by atoms with Crippen molar-refractivity contribution in [1.82, 2.24) is 10.2 Å². The van der Waals surface area contributed by atoms with Gasteiger partial charge in [-0.25, -0.2) is 0 Å². The highest BCUT2D eigenvalue weighted by Gasteiger charge is 1.97. The molecular weight excluding hydrogens is 212 g/mol. The molecule has 0 fully saturated rings. The summed E-state index contributed by atoms with van der Waals surface area (Å²) >= 11 is 3.37. The van der Waals surface area contributed by atoms with Crippen LogP contribution < -0.4 is 0 Å². The molecule has 1 aromatic heterocycles. The summed E-state index contributed by atoms with van der Waals surface area (Å²) < 4.78 is 1.06. The molecule has 2 aromatic rings. The van der Waals surface area contributed by atoms with Gasteiger partial charge in [0.25, 0.3) is 0 Å². The molecule has 0 N–H and O–H groups in total. The average molecular weight is 222 g/mol. The summed E-state index contributed by atoms with van der Waals surface area (Å²) in [4.78, 5) is 0. The fourth-order valence-corrected chi connectivity index (χ4v) is 2.67. The van der Waals surface area contributed by atoms with Crippen molar-refractivity contribution < 1.29 is 0 Å². The fraction of sp³-hybridized carbons (Fsp3) is 0.200. The van der Waals surface area contributed by atoms with Gasteiger partial charge in [0.2, 0.25) is 0 Å². The third kappa shape index (κ3) is 2.82. The van der Waals surface area contributed by atoms with E-state index in [9.17, 15) is 0 Å². The van der Waals surface area contributed by atoms with Crippen molar-refractivity contribution in [2.45, 2.75) is 10.8 Å². The topological polar surface area (TPSA) is 25.8 Å². The molecule has 0 aliphatic heterocycles. The largest absolute Gasteiger partial charge is 0.174 e. The number of aromatic nitrogens is 2. The van der Waals surface area contributed by atoms with Gasteiger partial charge >= 0.3 is 0 Å². The first-order valence-corrected chi connectivity index (χ1v) is 6.24. The normalized spacial score (nSPS) is 10.3. The first kappa shape index (κ1) is 9.68. The molecule has 2 nitrogen and oxygen atoms in total. The summed E-state index contributed by atoms with van der Waals surface area (Å²) in [5, 5.41) is 7.77. The van der Waals surface area contributed by atoms with Crippen LogP contribution in [0.3, 0.4) is 0 Å². The minimum absolute atomic E-state index is 1.06. The average Bonchev–Trinajstić information content (AvgIpc) is 2.72. The molecule has 0 amide bonds. The van der Waals surface area contributed by atoms with Crippen LogP contribution in [0.2, 0.25) is 0 Å². The lowest BCUT2D eigenvalue weighted by atomic mass is 10.2. The zero-order valence-corrected chi connectivity index (χ0v) is 9.22. The summed E-state index contributed by atoms with van der Waals surface area (Å²) in [6.07, 6.45) is 1.09. The summed E-state index contributed by atoms with van der Waals surface area (Å²) in [5.41, 5.74) is 3.15. The maximum Gasteiger partial charge on any atom is 0.174 e. The van der Waals surface area contributed by atoms with Crippen molar-refractivity contribution >= 4 is 23.1 Å². The predicted octanol–water partition coefficient (Wildman–Crippen LogP) is 2.87. The summed E-state index contributed by atoms with van der Waals surface area (Å²) in [6, 6.07) is 10.5. The minimum atomic E-state index is 1.06. The lowest BCUT2D eigenvalue weighted by Crippen LogP contribution is -1.87. The maximum atomic E-state index is 3.98. The van der Waals surface area contributed by atoms with Crippen LogP contribution in [-0.4, -0.2) is 16.0 Å². The van der Waals surface area contributed by atoms with E-state index in [2.05, 4.69) is 34.5 Å². The predicted molar refractivity (Wildman–Crippen MR) is 60.8 cm³/mol. The monoisotopic (exact) mass is 222 g/mol. The Labute approximate surface area is 91.4 Å². The number of nitrogens with zero attached hydrogens (tertiary/aromatic N) is 2. The Morgan fingerprint density at radius 3 is 2.79 bits per heavy atom. The zero-order chi connectivity index (χ0) is 9.64. The Morgan fingerprint density at radius 1 is 1.21 bits per heavy atom. The van der Waals surface area contributed by atoms with Crippen molar-refractivity contribution in [3.8, 4) is 0 Å². The van der Waals surface area contributed by atoms with Gasteiger partial charge < -0.3 is 0 Å². The molecule has 14 heavy (non-hydrogen) atoms. The molecule has 0 radical (unpaired) electrons. The number of rotatable bonds is 4. The number of hydrogen-bond acceptors (Lipinski definition) is 4. The zero-order valence-electron chi connectivity index (χ0n) is 7.59. The maximum absolute atomic E-state index is 3.98. The molecule has 1 aromatic carbocycles. The molecule has 72 valence electrons. The number of benzene rings is 1. The van der Waals surface area contributed by atoms with Crippen LogP contribution in [0.1, 0.15) is 5.56 Å². The SMILES string of the molecule is c1ccc(CCSc2nncs2)cc1. The van der Waals surface area contributed by atoms with E-state index in [-0.39, 0.29) is 0 Å². The quantitative estimate of drug-likeness (QED) is 0.744. The van der Waals surface area contributed by atoms with E-state index in [4.69, 9.17) is 0 Å². The molecule has 2 rings (SSSR count). The molecule has 0 unspecified atom stereocenters. The second kappa shape index (κ2) is 5.12. The van der Waals surface area contributed by atoms with Gasteiger partial charge in [-0.15, -0.1) is 10.2 Å². The molecule has 0 bridgehead atoms. The van der Waals surface area contributed by atoms with E-state index >= 15 is 0 Å². The Morgan fingerprint density at radius 2 is 2.07 bits per heavy atom. The Kier molecular flexibility index (Phi) is 3.54. The highest BCUT2D eigenvalue weighted by atomic mass is 32.2. The van der Waals surface area contributed by atoms with Gasteiger partial charge in [0.1, 0.15) is 5.51 Å². The first-order valence-electron chi connectivity index (χ1n) is 4.38. The molecule has 0 saturated carbocycles. The molecule has 0 saturated heterocycles. The standard InChI is InChI=1S/C10H10N2S2/c1-2-4-9(5-3-1)6-7-13-10-12-11-8-14-10/h1-5,8H,6-7H2. The van der Waals surface area contributed by atoms with E-state index in [1.165, 1.54) is 5.56 Å². The van der Waals surface area contributed by atoms with Gasteiger partial charge in [-0.2, -0.15) is 0 Å². The lowest BCUT2D eigenvalue weighted by Gasteiger charge is -1.98. The van der Waals surface area contributed by atoms with Crippen LogP contribution in [0.4, 0.5) is 0 Å². The Bertz CT molecular complexity index is 359. The number of hydrogen-bond donors (Lipinski definition) is 0. The number of thioether (sulfide) groups is 1. The number of aryl methyl sites for hydroxylation is 1. The van der Waals surface area contributed by atoms with Gasteiger partial charge in [0.15, 0.2) is 4.34 Å². The first-order chi connectivity index (χ1) is 6.95. The Balaban J connectivity index is 1.79. The highest BCUT2D eigenvalue weighted by molar-refractivity contribution is 8.00. The van der Waals surface area contributed by atoms with E-state index in [1.807, 2.05) is 6.07 Å². The second-order valence-corrected chi connectivity index (χ2v) is 4.96. The van der Waals surface area contributed by atoms with Crippen molar-refractivity contribution in [2.24, 2.45) is 0 Å². The molecular formula is C10H10N2S2. The highest BCUT2D eigenvalue weighted by Crippen LogP contribution is 2.19. The second-order valence-electron chi connectivity index (χ2n) is 2.79. The molecule has 0 atom stereocenters. The van der Waals surface area contributed by atoms with Crippen molar-refractivity contribution in [1.29, 1.82) is 0 Å². The van der Waals surface area contributed by atoms with Crippen LogP contribution in [0.15, 0.2) is 40.2 Å². The van der Waals surface area contributed by atoms with E-state index in [0.717, 1.165) is 16.5 Å². The molecule has 0 aliphatic carbocycles. The van der Waals surface area contributed by atoms with Crippen molar-refractivity contribution in [3.63, 3.8) is 0 Å². The third-order valence-electron chi connectivity index (χ3n) is 1.80. The summed E-state index contributed by atoms with van der Waals surface area (Å²) in [6.45, 7) is 0. The summed E-state index contributed by atoms with van der Waals surface area (Å²) in [7, 11) is 0. The smallest absolute Gasteiger partial charge is 0.146 e. The van der Waals surface area contributed by atoms with Gasteiger partial charge in [-0.1, -0.05) is 53.4 Å². The Hall–Kier alpha value is -0.870. The molecule has 0 spiro atoms.